The van der Waals surface area contributed by atoms with E-state index in [1.807, 2.05) is 0 Å². The van der Waals surface area contributed by atoms with E-state index in [4.69, 9.17) is 0 Å². The van der Waals surface area contributed by atoms with Gasteiger partial charge in [-0.15, -0.1) is 0 Å². The number of carbonyl (C=O) groups is 1. The molecule has 0 saturated carbocycles. The molecule has 1 aromatic rings. The molecule has 1 aliphatic rings. The Hall–Kier alpha value is -1.79. The van der Waals surface area contributed by atoms with E-state index in [0.717, 1.165) is 32.7 Å². The van der Waals surface area contributed by atoms with Crippen molar-refractivity contribution in [1.29, 1.82) is 0 Å². The number of benzene rings is 1. The minimum Gasteiger partial charge on any atom is -0.304 e. The average molecular weight is 277 g/mol. The van der Waals surface area contributed by atoms with Gasteiger partial charge in [0.05, 0.1) is 4.92 Å². The first-order valence-electron chi connectivity index (χ1n) is 6.75. The second kappa shape index (κ2) is 6.58. The predicted octanol–water partition coefficient (Wildman–Crippen LogP) is 1.41. The van der Waals surface area contributed by atoms with Gasteiger partial charge in [-0.3, -0.25) is 14.9 Å². The first-order valence-corrected chi connectivity index (χ1v) is 6.75. The molecule has 1 saturated heterocycles. The normalized spacial score (nSPS) is 17.1. The lowest BCUT2D eigenvalue weighted by molar-refractivity contribution is -0.384. The highest BCUT2D eigenvalue weighted by Gasteiger charge is 2.15. The number of ketones is 1. The molecule has 1 heterocycles. The van der Waals surface area contributed by atoms with Crippen molar-refractivity contribution in [3.63, 3.8) is 0 Å². The molecule has 0 radical (unpaired) electrons. The molecule has 20 heavy (non-hydrogen) atoms. The minimum atomic E-state index is -0.460. The summed E-state index contributed by atoms with van der Waals surface area (Å²) in [6.07, 6.45) is 0.460. The molecule has 0 aromatic heterocycles. The molecule has 2 rings (SSSR count). The fourth-order valence-corrected chi connectivity index (χ4v) is 2.24. The topological polar surface area (TPSA) is 66.7 Å². The monoisotopic (exact) mass is 277 g/mol. The Morgan fingerprint density at radius 3 is 2.35 bits per heavy atom. The zero-order valence-electron chi connectivity index (χ0n) is 11.6. The molecule has 0 spiro atoms. The van der Waals surface area contributed by atoms with Gasteiger partial charge in [0, 0.05) is 56.8 Å². The summed E-state index contributed by atoms with van der Waals surface area (Å²) in [5.41, 5.74) is 0.561. The number of hydrogen-bond donors (Lipinski definition) is 0. The molecule has 0 unspecified atom stereocenters. The van der Waals surface area contributed by atoms with E-state index in [1.54, 1.807) is 0 Å². The molecule has 1 aliphatic heterocycles. The molecule has 0 atom stereocenters. The molecular formula is C14H19N3O3. The predicted molar refractivity (Wildman–Crippen MR) is 76.0 cm³/mol. The van der Waals surface area contributed by atoms with Gasteiger partial charge in [-0.1, -0.05) is 0 Å². The number of non-ortho nitro benzene ring substituents is 1. The van der Waals surface area contributed by atoms with E-state index < -0.39 is 4.92 Å². The van der Waals surface area contributed by atoms with Crippen LogP contribution in [-0.2, 0) is 0 Å². The van der Waals surface area contributed by atoms with Crippen molar-refractivity contribution in [1.82, 2.24) is 9.80 Å². The number of hydrogen-bond acceptors (Lipinski definition) is 5. The second-order valence-electron chi connectivity index (χ2n) is 5.12. The molecule has 0 N–H and O–H groups in total. The lowest BCUT2D eigenvalue weighted by Gasteiger charge is -2.32. The summed E-state index contributed by atoms with van der Waals surface area (Å²) < 4.78 is 0. The smallest absolute Gasteiger partial charge is 0.269 e. The highest BCUT2D eigenvalue weighted by molar-refractivity contribution is 5.96. The van der Waals surface area contributed by atoms with Crippen molar-refractivity contribution in [2.75, 3.05) is 39.8 Å². The fraction of sp³-hybridized carbons (Fsp3) is 0.500. The third kappa shape index (κ3) is 3.85. The van der Waals surface area contributed by atoms with E-state index in [1.165, 1.54) is 24.3 Å². The molecule has 6 heteroatoms. The largest absolute Gasteiger partial charge is 0.304 e. The molecule has 6 nitrogen and oxygen atoms in total. The Kier molecular flexibility index (Phi) is 4.81. The summed E-state index contributed by atoms with van der Waals surface area (Å²) in [6, 6.07) is 5.82. The zero-order valence-corrected chi connectivity index (χ0v) is 11.6. The first kappa shape index (κ1) is 14.6. The number of rotatable bonds is 5. The lowest BCUT2D eigenvalue weighted by Crippen LogP contribution is -2.45. The summed E-state index contributed by atoms with van der Waals surface area (Å²) in [7, 11) is 2.10. The maximum absolute atomic E-state index is 12.0. The molecular weight excluding hydrogens is 258 g/mol. The van der Waals surface area contributed by atoms with Gasteiger partial charge in [0.25, 0.3) is 5.69 Å². The van der Waals surface area contributed by atoms with Crippen molar-refractivity contribution in [2.45, 2.75) is 6.42 Å². The van der Waals surface area contributed by atoms with Crippen LogP contribution >= 0.6 is 0 Å². The van der Waals surface area contributed by atoms with Crippen molar-refractivity contribution >= 4 is 11.5 Å². The Morgan fingerprint density at radius 1 is 1.20 bits per heavy atom. The van der Waals surface area contributed by atoms with Crippen LogP contribution < -0.4 is 0 Å². The van der Waals surface area contributed by atoms with Crippen LogP contribution in [0.15, 0.2) is 24.3 Å². The summed E-state index contributed by atoms with van der Waals surface area (Å²) in [6.45, 7) is 4.80. The number of nitro benzene ring substituents is 1. The van der Waals surface area contributed by atoms with Crippen LogP contribution in [0.25, 0.3) is 0 Å². The zero-order chi connectivity index (χ0) is 14.5. The molecule has 0 aliphatic carbocycles. The highest BCUT2D eigenvalue weighted by Crippen LogP contribution is 2.13. The number of Topliss-reactive ketones (excluding diaryl/α,β-unsaturated/α-hetero) is 1. The van der Waals surface area contributed by atoms with E-state index in [2.05, 4.69) is 16.8 Å². The molecule has 0 amide bonds. The van der Waals surface area contributed by atoms with Crippen LogP contribution in [0.3, 0.4) is 0 Å². The molecule has 108 valence electrons. The Morgan fingerprint density at radius 2 is 1.80 bits per heavy atom. The fourth-order valence-electron chi connectivity index (χ4n) is 2.24. The summed E-state index contributed by atoms with van der Waals surface area (Å²) in [5, 5.41) is 10.6. The van der Waals surface area contributed by atoms with Gasteiger partial charge in [-0.2, -0.15) is 0 Å². The maximum atomic E-state index is 12.0. The van der Waals surface area contributed by atoms with Gasteiger partial charge in [-0.25, -0.2) is 0 Å². The van der Waals surface area contributed by atoms with Crippen molar-refractivity contribution in [3.05, 3.63) is 39.9 Å². The number of likely N-dealkylation sites (N-methyl/N-ethyl adjacent to an activating group) is 1. The van der Waals surface area contributed by atoms with Crippen LogP contribution in [-0.4, -0.2) is 60.3 Å². The Labute approximate surface area is 118 Å². The van der Waals surface area contributed by atoms with Gasteiger partial charge in [0.1, 0.15) is 0 Å². The Balaban J connectivity index is 1.84. The molecule has 1 fully saturated rings. The average Bonchev–Trinajstić information content (AvgIpc) is 2.46. The molecule has 0 bridgehead atoms. The summed E-state index contributed by atoms with van der Waals surface area (Å²) in [5.74, 6) is 0.0406. The highest BCUT2D eigenvalue weighted by atomic mass is 16.6. The van der Waals surface area contributed by atoms with Gasteiger partial charge in [0.2, 0.25) is 0 Å². The number of nitrogens with zero attached hydrogens (tertiary/aromatic N) is 3. The Bertz CT molecular complexity index is 479. The number of nitro groups is 1. The lowest BCUT2D eigenvalue weighted by atomic mass is 10.1. The van der Waals surface area contributed by atoms with Crippen LogP contribution in [0.1, 0.15) is 16.8 Å². The van der Waals surface area contributed by atoms with Crippen molar-refractivity contribution < 1.29 is 9.72 Å². The van der Waals surface area contributed by atoms with Crippen molar-refractivity contribution in [2.24, 2.45) is 0 Å². The number of piperazine rings is 1. The quantitative estimate of drug-likeness (QED) is 0.462. The van der Waals surface area contributed by atoms with Gasteiger partial charge < -0.3 is 9.80 Å². The van der Waals surface area contributed by atoms with Crippen LogP contribution in [0, 0.1) is 10.1 Å². The van der Waals surface area contributed by atoms with E-state index >= 15 is 0 Å². The third-order valence-corrected chi connectivity index (χ3v) is 3.65. The van der Waals surface area contributed by atoms with E-state index in [9.17, 15) is 14.9 Å². The van der Waals surface area contributed by atoms with Gasteiger partial charge >= 0.3 is 0 Å². The maximum Gasteiger partial charge on any atom is 0.269 e. The van der Waals surface area contributed by atoms with Crippen LogP contribution in [0.4, 0.5) is 5.69 Å². The van der Waals surface area contributed by atoms with E-state index in [0.29, 0.717) is 12.0 Å². The standard InChI is InChI=1S/C14H19N3O3/c1-15-8-10-16(11-9-15)7-6-14(18)12-2-4-13(5-3-12)17(19)20/h2-5H,6-11H2,1H3. The third-order valence-electron chi connectivity index (χ3n) is 3.65. The molecule has 1 aromatic carbocycles. The van der Waals surface area contributed by atoms with Crippen molar-refractivity contribution in [3.8, 4) is 0 Å². The van der Waals surface area contributed by atoms with Gasteiger partial charge in [-0.05, 0) is 19.2 Å². The van der Waals surface area contributed by atoms with Crippen LogP contribution in [0.5, 0.6) is 0 Å². The SMILES string of the molecule is CN1CCN(CCC(=O)c2ccc([N+](=O)[O-])cc2)CC1. The minimum absolute atomic E-state index is 0.0145. The van der Waals surface area contributed by atoms with E-state index in [-0.39, 0.29) is 11.5 Å². The number of carbonyl (C=O) groups excluding carboxylic acids is 1. The second-order valence-corrected chi connectivity index (χ2v) is 5.12. The summed E-state index contributed by atoms with van der Waals surface area (Å²) in [4.78, 5) is 26.7. The van der Waals surface area contributed by atoms with Gasteiger partial charge in [0.15, 0.2) is 5.78 Å². The first-order chi connectivity index (χ1) is 9.56. The summed E-state index contributed by atoms with van der Waals surface area (Å²) >= 11 is 0. The van der Waals surface area contributed by atoms with Crippen LogP contribution in [0.2, 0.25) is 0 Å².